The van der Waals surface area contributed by atoms with Gasteiger partial charge in [0, 0.05) is 12.3 Å². The number of hydrogen-bond donors (Lipinski definition) is 0. The van der Waals surface area contributed by atoms with E-state index in [2.05, 4.69) is 13.8 Å². The molecule has 1 aliphatic heterocycles. The zero-order valence-electron chi connectivity index (χ0n) is 9.29. The van der Waals surface area contributed by atoms with Crippen LogP contribution in [0.15, 0.2) is 0 Å². The molecular formula is C11H20O3. The Labute approximate surface area is 85.8 Å². The van der Waals surface area contributed by atoms with Gasteiger partial charge in [-0.05, 0) is 19.3 Å². The highest BCUT2D eigenvalue weighted by molar-refractivity contribution is 5.75. The molecule has 0 N–H and O–H groups in total. The van der Waals surface area contributed by atoms with E-state index >= 15 is 0 Å². The lowest BCUT2D eigenvalue weighted by Gasteiger charge is -2.25. The number of ketones is 1. The maximum Gasteiger partial charge on any atom is 0.160 e. The molecule has 82 valence electrons. The second-order valence-corrected chi connectivity index (χ2v) is 4.26. The molecule has 1 unspecified atom stereocenters. The SMILES string of the molecule is CC(=O)CCC(C(C)C)C1OCCO1. The fraction of sp³-hybridized carbons (Fsp3) is 0.909. The van der Waals surface area contributed by atoms with Crippen LogP contribution in [0, 0.1) is 11.8 Å². The fourth-order valence-corrected chi connectivity index (χ4v) is 1.78. The van der Waals surface area contributed by atoms with Gasteiger partial charge < -0.3 is 14.3 Å². The van der Waals surface area contributed by atoms with Crippen LogP contribution >= 0.6 is 0 Å². The van der Waals surface area contributed by atoms with E-state index in [0.29, 0.717) is 31.5 Å². The number of carbonyl (C=O) groups is 1. The molecule has 0 saturated carbocycles. The second kappa shape index (κ2) is 5.47. The Kier molecular flexibility index (Phi) is 4.55. The largest absolute Gasteiger partial charge is 0.350 e. The van der Waals surface area contributed by atoms with Gasteiger partial charge >= 0.3 is 0 Å². The van der Waals surface area contributed by atoms with Crippen LogP contribution < -0.4 is 0 Å². The highest BCUT2D eigenvalue weighted by Gasteiger charge is 2.29. The second-order valence-electron chi connectivity index (χ2n) is 4.26. The third kappa shape index (κ3) is 3.39. The summed E-state index contributed by atoms with van der Waals surface area (Å²) in [4.78, 5) is 10.9. The molecule has 14 heavy (non-hydrogen) atoms. The molecule has 0 amide bonds. The van der Waals surface area contributed by atoms with Crippen molar-refractivity contribution < 1.29 is 14.3 Å². The zero-order valence-corrected chi connectivity index (χ0v) is 9.29. The Morgan fingerprint density at radius 3 is 2.36 bits per heavy atom. The van der Waals surface area contributed by atoms with Gasteiger partial charge in [0.2, 0.25) is 0 Å². The van der Waals surface area contributed by atoms with Crippen LogP contribution in [0.1, 0.15) is 33.6 Å². The third-order valence-electron chi connectivity index (χ3n) is 2.68. The summed E-state index contributed by atoms with van der Waals surface area (Å²) in [6, 6.07) is 0. The third-order valence-corrected chi connectivity index (χ3v) is 2.68. The average Bonchev–Trinajstić information content (AvgIpc) is 2.56. The van der Waals surface area contributed by atoms with E-state index in [4.69, 9.17) is 9.47 Å². The first-order chi connectivity index (χ1) is 6.61. The van der Waals surface area contributed by atoms with Crippen LogP contribution in [0.5, 0.6) is 0 Å². The molecule has 1 fully saturated rings. The summed E-state index contributed by atoms with van der Waals surface area (Å²) >= 11 is 0. The Hall–Kier alpha value is -0.410. The van der Waals surface area contributed by atoms with Gasteiger partial charge in [-0.25, -0.2) is 0 Å². The minimum Gasteiger partial charge on any atom is -0.350 e. The molecular weight excluding hydrogens is 180 g/mol. The molecule has 0 aromatic carbocycles. The molecule has 3 heteroatoms. The summed E-state index contributed by atoms with van der Waals surface area (Å²) in [5.41, 5.74) is 0. The molecule has 0 aromatic heterocycles. The minimum absolute atomic E-state index is 0.0886. The van der Waals surface area contributed by atoms with Gasteiger partial charge in [0.1, 0.15) is 5.78 Å². The molecule has 1 saturated heterocycles. The van der Waals surface area contributed by atoms with E-state index < -0.39 is 0 Å². The van der Waals surface area contributed by atoms with Gasteiger partial charge in [-0.15, -0.1) is 0 Å². The smallest absolute Gasteiger partial charge is 0.160 e. The summed E-state index contributed by atoms with van der Waals surface area (Å²) in [5.74, 6) is 1.09. The van der Waals surface area contributed by atoms with E-state index in [-0.39, 0.29) is 12.1 Å². The van der Waals surface area contributed by atoms with Crippen molar-refractivity contribution in [2.45, 2.75) is 39.9 Å². The van der Waals surface area contributed by atoms with Gasteiger partial charge in [0.05, 0.1) is 13.2 Å². The quantitative estimate of drug-likeness (QED) is 0.681. The predicted octanol–water partition coefficient (Wildman–Crippen LogP) is 2.00. The highest BCUT2D eigenvalue weighted by atomic mass is 16.7. The Balaban J connectivity index is 2.41. The summed E-state index contributed by atoms with van der Waals surface area (Å²) < 4.78 is 11.0. The van der Waals surface area contributed by atoms with Crippen molar-refractivity contribution in [3.05, 3.63) is 0 Å². The standard InChI is InChI=1S/C11H20O3/c1-8(2)10(5-4-9(3)12)11-13-6-7-14-11/h8,10-11H,4-7H2,1-3H3. The number of hydrogen-bond acceptors (Lipinski definition) is 3. The molecule has 0 bridgehead atoms. The fourth-order valence-electron chi connectivity index (χ4n) is 1.78. The van der Waals surface area contributed by atoms with Crippen LogP contribution in [-0.4, -0.2) is 25.3 Å². The summed E-state index contributed by atoms with van der Waals surface area (Å²) in [7, 11) is 0. The van der Waals surface area contributed by atoms with Crippen molar-refractivity contribution in [1.29, 1.82) is 0 Å². The van der Waals surface area contributed by atoms with Gasteiger partial charge in [-0.3, -0.25) is 0 Å². The monoisotopic (exact) mass is 200 g/mol. The number of rotatable bonds is 5. The first kappa shape index (κ1) is 11.7. The number of ether oxygens (including phenoxy) is 2. The topological polar surface area (TPSA) is 35.5 Å². The van der Waals surface area contributed by atoms with Crippen molar-refractivity contribution in [1.82, 2.24) is 0 Å². The predicted molar refractivity (Wildman–Crippen MR) is 53.9 cm³/mol. The maximum absolute atomic E-state index is 10.9. The van der Waals surface area contributed by atoms with Crippen molar-refractivity contribution >= 4 is 5.78 Å². The summed E-state index contributed by atoms with van der Waals surface area (Å²) in [6.45, 7) is 7.31. The van der Waals surface area contributed by atoms with E-state index in [1.165, 1.54) is 0 Å². The first-order valence-electron chi connectivity index (χ1n) is 5.34. The van der Waals surface area contributed by atoms with Crippen LogP contribution in [0.3, 0.4) is 0 Å². The minimum atomic E-state index is -0.0886. The molecule has 3 nitrogen and oxygen atoms in total. The van der Waals surface area contributed by atoms with Crippen molar-refractivity contribution in [2.24, 2.45) is 11.8 Å². The van der Waals surface area contributed by atoms with Gasteiger partial charge in [-0.2, -0.15) is 0 Å². The highest BCUT2D eigenvalue weighted by Crippen LogP contribution is 2.26. The molecule has 0 aromatic rings. The lowest BCUT2D eigenvalue weighted by atomic mass is 9.90. The zero-order chi connectivity index (χ0) is 10.6. The molecule has 0 aliphatic carbocycles. The first-order valence-corrected chi connectivity index (χ1v) is 5.34. The molecule has 1 heterocycles. The molecule has 1 rings (SSSR count). The average molecular weight is 200 g/mol. The van der Waals surface area contributed by atoms with E-state index in [1.807, 2.05) is 0 Å². The molecule has 1 atom stereocenters. The molecule has 0 spiro atoms. The molecule has 1 aliphatic rings. The van der Waals surface area contributed by atoms with Gasteiger partial charge in [0.15, 0.2) is 6.29 Å². The summed E-state index contributed by atoms with van der Waals surface area (Å²) in [6.07, 6.45) is 1.42. The van der Waals surface area contributed by atoms with Crippen LogP contribution in [-0.2, 0) is 14.3 Å². The summed E-state index contributed by atoms with van der Waals surface area (Å²) in [5, 5.41) is 0. The van der Waals surface area contributed by atoms with Gasteiger partial charge in [-0.1, -0.05) is 13.8 Å². The number of Topliss-reactive ketones (excluding diaryl/α,β-unsaturated/α-hetero) is 1. The number of carbonyl (C=O) groups excluding carboxylic acids is 1. The van der Waals surface area contributed by atoms with E-state index in [0.717, 1.165) is 6.42 Å². The van der Waals surface area contributed by atoms with Crippen molar-refractivity contribution in [3.63, 3.8) is 0 Å². The van der Waals surface area contributed by atoms with Gasteiger partial charge in [0.25, 0.3) is 0 Å². The lowest BCUT2D eigenvalue weighted by molar-refractivity contribution is -0.120. The van der Waals surface area contributed by atoms with Crippen LogP contribution in [0.2, 0.25) is 0 Å². The van der Waals surface area contributed by atoms with Crippen molar-refractivity contribution in [3.8, 4) is 0 Å². The Morgan fingerprint density at radius 2 is 1.93 bits per heavy atom. The Morgan fingerprint density at radius 1 is 1.36 bits per heavy atom. The van der Waals surface area contributed by atoms with Crippen molar-refractivity contribution in [2.75, 3.05) is 13.2 Å². The van der Waals surface area contributed by atoms with E-state index in [9.17, 15) is 4.79 Å². The van der Waals surface area contributed by atoms with E-state index in [1.54, 1.807) is 6.92 Å². The van der Waals surface area contributed by atoms with Crippen LogP contribution in [0.4, 0.5) is 0 Å². The Bertz CT molecular complexity index is 183. The lowest BCUT2D eigenvalue weighted by Crippen LogP contribution is -2.26. The maximum atomic E-state index is 10.9. The molecule has 0 radical (unpaired) electrons. The normalized spacial score (nSPS) is 20.3. The van der Waals surface area contributed by atoms with Crippen LogP contribution in [0.25, 0.3) is 0 Å².